The van der Waals surface area contributed by atoms with E-state index in [1.165, 1.54) is 0 Å². The Labute approximate surface area is 93.6 Å². The summed E-state index contributed by atoms with van der Waals surface area (Å²) in [6.07, 6.45) is 1.70. The molecule has 80 valence electrons. The average molecular weight is 226 g/mol. The van der Waals surface area contributed by atoms with Crippen molar-refractivity contribution in [2.75, 3.05) is 18.5 Å². The minimum atomic E-state index is -1.02. The van der Waals surface area contributed by atoms with Crippen LogP contribution in [0.25, 0.3) is 0 Å². The highest BCUT2D eigenvalue weighted by atomic mass is 35.5. The summed E-state index contributed by atoms with van der Waals surface area (Å²) in [4.78, 5) is 12.8. The first-order chi connectivity index (χ1) is 7.07. The molecular formula is C11H12ClNO2. The van der Waals surface area contributed by atoms with Crippen LogP contribution in [0.1, 0.15) is 10.4 Å². The van der Waals surface area contributed by atoms with Gasteiger partial charge in [-0.15, -0.1) is 6.58 Å². The van der Waals surface area contributed by atoms with Crippen LogP contribution in [-0.2, 0) is 0 Å². The lowest BCUT2D eigenvalue weighted by Gasteiger charge is -2.19. The molecule has 0 unspecified atom stereocenters. The van der Waals surface area contributed by atoms with Crippen LogP contribution in [0.15, 0.2) is 30.9 Å². The van der Waals surface area contributed by atoms with Crippen molar-refractivity contribution in [1.29, 1.82) is 0 Å². The number of hydrogen-bond donors (Lipinski definition) is 1. The fourth-order valence-corrected chi connectivity index (χ4v) is 1.58. The van der Waals surface area contributed by atoms with Crippen LogP contribution in [0.3, 0.4) is 0 Å². The second kappa shape index (κ2) is 4.84. The Morgan fingerprint density at radius 3 is 2.87 bits per heavy atom. The van der Waals surface area contributed by atoms with Crippen molar-refractivity contribution in [3.63, 3.8) is 0 Å². The number of nitrogens with zero attached hydrogens (tertiary/aromatic N) is 1. The molecule has 0 radical (unpaired) electrons. The minimum Gasteiger partial charge on any atom is -0.478 e. The van der Waals surface area contributed by atoms with Crippen LogP contribution < -0.4 is 4.90 Å². The standard InChI is InChI=1S/C11H12ClNO2/c1-3-7-13(2)9-6-4-5-8(12)10(9)11(14)15/h3-6H,1,7H2,2H3,(H,14,15). The van der Waals surface area contributed by atoms with Crippen LogP contribution in [0.4, 0.5) is 5.69 Å². The lowest BCUT2D eigenvalue weighted by Crippen LogP contribution is -2.19. The van der Waals surface area contributed by atoms with Crippen molar-refractivity contribution in [2.45, 2.75) is 0 Å². The summed E-state index contributed by atoms with van der Waals surface area (Å²) in [5, 5.41) is 9.27. The van der Waals surface area contributed by atoms with Crippen molar-refractivity contribution in [3.8, 4) is 0 Å². The van der Waals surface area contributed by atoms with Gasteiger partial charge in [-0.3, -0.25) is 0 Å². The molecule has 0 bridgehead atoms. The van der Waals surface area contributed by atoms with Crippen molar-refractivity contribution >= 4 is 23.3 Å². The van der Waals surface area contributed by atoms with E-state index in [-0.39, 0.29) is 10.6 Å². The van der Waals surface area contributed by atoms with Gasteiger partial charge < -0.3 is 10.0 Å². The number of likely N-dealkylation sites (N-methyl/N-ethyl adjacent to an activating group) is 1. The average Bonchev–Trinajstić information content (AvgIpc) is 2.17. The molecule has 0 fully saturated rings. The molecule has 0 saturated carbocycles. The van der Waals surface area contributed by atoms with Crippen molar-refractivity contribution < 1.29 is 9.90 Å². The van der Waals surface area contributed by atoms with Crippen LogP contribution in [-0.4, -0.2) is 24.7 Å². The Kier molecular flexibility index (Phi) is 3.74. The molecule has 15 heavy (non-hydrogen) atoms. The van der Waals surface area contributed by atoms with E-state index in [0.29, 0.717) is 12.2 Å². The van der Waals surface area contributed by atoms with Gasteiger partial charge >= 0.3 is 5.97 Å². The highest BCUT2D eigenvalue weighted by Crippen LogP contribution is 2.26. The largest absolute Gasteiger partial charge is 0.478 e. The maximum atomic E-state index is 11.0. The number of anilines is 1. The first kappa shape index (κ1) is 11.6. The lowest BCUT2D eigenvalue weighted by molar-refractivity contribution is 0.0698. The molecule has 1 N–H and O–H groups in total. The van der Waals surface area contributed by atoms with Crippen molar-refractivity contribution in [1.82, 2.24) is 0 Å². The summed E-state index contributed by atoms with van der Waals surface area (Å²) in [5.74, 6) is -1.02. The first-order valence-corrected chi connectivity index (χ1v) is 4.79. The van der Waals surface area contributed by atoms with Gasteiger partial charge in [-0.05, 0) is 12.1 Å². The summed E-state index contributed by atoms with van der Waals surface area (Å²) in [7, 11) is 1.79. The fraction of sp³-hybridized carbons (Fsp3) is 0.182. The summed E-state index contributed by atoms with van der Waals surface area (Å²) >= 11 is 5.84. The van der Waals surface area contributed by atoms with Crippen LogP contribution >= 0.6 is 11.6 Å². The van der Waals surface area contributed by atoms with E-state index < -0.39 is 5.97 Å². The van der Waals surface area contributed by atoms with Crippen molar-refractivity contribution in [3.05, 3.63) is 41.4 Å². The number of carboxylic acid groups (broad SMARTS) is 1. The molecule has 0 heterocycles. The Morgan fingerprint density at radius 1 is 1.67 bits per heavy atom. The number of aromatic carboxylic acids is 1. The highest BCUT2D eigenvalue weighted by molar-refractivity contribution is 6.34. The molecule has 0 atom stereocenters. The molecule has 1 aromatic rings. The molecule has 4 heteroatoms. The van der Waals surface area contributed by atoms with E-state index in [1.54, 1.807) is 36.2 Å². The third kappa shape index (κ3) is 2.50. The Morgan fingerprint density at radius 2 is 2.33 bits per heavy atom. The van der Waals surface area contributed by atoms with Gasteiger partial charge in [-0.25, -0.2) is 4.79 Å². The zero-order valence-corrected chi connectivity index (χ0v) is 9.16. The number of benzene rings is 1. The van der Waals surface area contributed by atoms with Gasteiger partial charge in [0.2, 0.25) is 0 Å². The van der Waals surface area contributed by atoms with E-state index >= 15 is 0 Å². The molecule has 0 aliphatic carbocycles. The molecule has 0 amide bonds. The molecule has 3 nitrogen and oxygen atoms in total. The molecule has 0 aromatic heterocycles. The molecular weight excluding hydrogens is 214 g/mol. The molecule has 0 aliphatic heterocycles. The number of halogens is 1. The van der Waals surface area contributed by atoms with Gasteiger partial charge in [0.05, 0.1) is 10.7 Å². The normalized spacial score (nSPS) is 9.73. The fourth-order valence-electron chi connectivity index (χ4n) is 1.33. The summed E-state index contributed by atoms with van der Waals surface area (Å²) < 4.78 is 0. The predicted molar refractivity (Wildman–Crippen MR) is 61.9 cm³/mol. The van der Waals surface area contributed by atoms with E-state index in [2.05, 4.69) is 6.58 Å². The number of rotatable bonds is 4. The zero-order chi connectivity index (χ0) is 11.4. The number of hydrogen-bond acceptors (Lipinski definition) is 2. The minimum absolute atomic E-state index is 0.128. The molecule has 1 rings (SSSR count). The Bertz CT molecular complexity index is 390. The maximum absolute atomic E-state index is 11.0. The smallest absolute Gasteiger partial charge is 0.339 e. The number of carbonyl (C=O) groups is 1. The quantitative estimate of drug-likeness (QED) is 0.801. The van der Waals surface area contributed by atoms with E-state index in [4.69, 9.17) is 16.7 Å². The lowest BCUT2D eigenvalue weighted by atomic mass is 10.1. The van der Waals surface area contributed by atoms with Gasteiger partial charge in [0.25, 0.3) is 0 Å². The van der Waals surface area contributed by atoms with Gasteiger partial charge in [0.1, 0.15) is 5.56 Å². The summed E-state index contributed by atoms with van der Waals surface area (Å²) in [6, 6.07) is 5.01. The third-order valence-corrected chi connectivity index (χ3v) is 2.33. The molecule has 0 saturated heterocycles. The monoisotopic (exact) mass is 225 g/mol. The van der Waals surface area contributed by atoms with E-state index in [1.807, 2.05) is 0 Å². The second-order valence-corrected chi connectivity index (χ2v) is 3.52. The predicted octanol–water partition coefficient (Wildman–Crippen LogP) is 2.66. The van der Waals surface area contributed by atoms with E-state index in [9.17, 15) is 4.79 Å². The Hall–Kier alpha value is -1.48. The van der Waals surface area contributed by atoms with Crippen LogP contribution in [0, 0.1) is 0 Å². The topological polar surface area (TPSA) is 40.5 Å². The SMILES string of the molecule is C=CCN(C)c1cccc(Cl)c1C(=O)O. The number of carboxylic acids is 1. The zero-order valence-electron chi connectivity index (χ0n) is 8.40. The van der Waals surface area contributed by atoms with Crippen molar-refractivity contribution in [2.24, 2.45) is 0 Å². The Balaban J connectivity index is 3.22. The van der Waals surface area contributed by atoms with Gasteiger partial charge in [0.15, 0.2) is 0 Å². The highest BCUT2D eigenvalue weighted by Gasteiger charge is 2.16. The summed E-state index contributed by atoms with van der Waals surface area (Å²) in [6.45, 7) is 4.17. The van der Waals surface area contributed by atoms with E-state index in [0.717, 1.165) is 0 Å². The maximum Gasteiger partial charge on any atom is 0.339 e. The van der Waals surface area contributed by atoms with Gasteiger partial charge in [-0.2, -0.15) is 0 Å². The van der Waals surface area contributed by atoms with Crippen LogP contribution in [0.2, 0.25) is 5.02 Å². The molecule has 0 spiro atoms. The van der Waals surface area contributed by atoms with Gasteiger partial charge in [-0.1, -0.05) is 23.7 Å². The second-order valence-electron chi connectivity index (χ2n) is 3.11. The molecule has 1 aromatic carbocycles. The summed E-state index contributed by atoms with van der Waals surface area (Å²) in [5.41, 5.74) is 0.721. The van der Waals surface area contributed by atoms with Gasteiger partial charge in [0, 0.05) is 13.6 Å². The first-order valence-electron chi connectivity index (χ1n) is 4.41. The third-order valence-electron chi connectivity index (χ3n) is 2.02. The molecule has 0 aliphatic rings. The van der Waals surface area contributed by atoms with Crippen LogP contribution in [0.5, 0.6) is 0 Å².